The highest BCUT2D eigenvalue weighted by molar-refractivity contribution is 5.82. The van der Waals surface area contributed by atoms with Crippen LogP contribution in [0.3, 0.4) is 0 Å². The van der Waals surface area contributed by atoms with Gasteiger partial charge in [0.2, 0.25) is 0 Å². The van der Waals surface area contributed by atoms with Crippen molar-refractivity contribution in [1.82, 2.24) is 4.90 Å². The second kappa shape index (κ2) is 6.65. The van der Waals surface area contributed by atoms with Crippen LogP contribution in [0.25, 0.3) is 0 Å². The first-order valence-corrected chi connectivity index (χ1v) is 5.17. The molecule has 4 heteroatoms. The average Bonchev–Trinajstić information content (AvgIpc) is 2.15. The third kappa shape index (κ3) is 5.07. The molecule has 0 fully saturated rings. The van der Waals surface area contributed by atoms with Crippen molar-refractivity contribution in [2.75, 3.05) is 20.1 Å². The zero-order valence-electron chi connectivity index (χ0n) is 9.70. The fraction of sp³-hybridized carbons (Fsp3) is 0.900. The van der Waals surface area contributed by atoms with Gasteiger partial charge in [-0.05, 0) is 13.0 Å². The van der Waals surface area contributed by atoms with Crippen LogP contribution in [-0.2, 0) is 0 Å². The van der Waals surface area contributed by atoms with Gasteiger partial charge >= 0.3 is 0 Å². The van der Waals surface area contributed by atoms with Crippen molar-refractivity contribution in [3.8, 4) is 0 Å². The van der Waals surface area contributed by atoms with Crippen LogP contribution >= 0.6 is 0 Å². The van der Waals surface area contributed by atoms with Gasteiger partial charge in [-0.25, -0.2) is 0 Å². The Morgan fingerprint density at radius 2 is 2.00 bits per heavy atom. The second-order valence-corrected chi connectivity index (χ2v) is 4.16. The first-order valence-electron chi connectivity index (χ1n) is 5.17. The summed E-state index contributed by atoms with van der Waals surface area (Å²) in [7, 11) is 2.06. The van der Waals surface area contributed by atoms with E-state index in [-0.39, 0.29) is 5.92 Å². The van der Waals surface area contributed by atoms with Gasteiger partial charge in [-0.15, -0.1) is 0 Å². The van der Waals surface area contributed by atoms with E-state index in [0.29, 0.717) is 11.8 Å². The summed E-state index contributed by atoms with van der Waals surface area (Å²) in [5.41, 5.74) is 5.50. The fourth-order valence-electron chi connectivity index (χ4n) is 1.40. The average molecular weight is 201 g/mol. The molecule has 0 aliphatic heterocycles. The van der Waals surface area contributed by atoms with Crippen molar-refractivity contribution in [3.63, 3.8) is 0 Å². The van der Waals surface area contributed by atoms with Gasteiger partial charge in [0.25, 0.3) is 0 Å². The predicted octanol–water partition coefficient (Wildman–Crippen LogP) is 1.35. The molecule has 0 amide bonds. The number of hydrogen-bond acceptors (Lipinski definition) is 3. The maximum absolute atomic E-state index is 8.49. The summed E-state index contributed by atoms with van der Waals surface area (Å²) in [6, 6.07) is 0. The minimum Gasteiger partial charge on any atom is -0.409 e. The van der Waals surface area contributed by atoms with Crippen LogP contribution in [0.15, 0.2) is 5.16 Å². The molecule has 0 aromatic rings. The fourth-order valence-corrected chi connectivity index (χ4v) is 1.40. The molecule has 84 valence electrons. The van der Waals surface area contributed by atoms with Crippen molar-refractivity contribution in [1.29, 1.82) is 0 Å². The van der Waals surface area contributed by atoms with E-state index in [1.807, 2.05) is 6.92 Å². The van der Waals surface area contributed by atoms with E-state index >= 15 is 0 Å². The lowest BCUT2D eigenvalue weighted by Crippen LogP contribution is -2.34. The van der Waals surface area contributed by atoms with Crippen LogP contribution in [-0.4, -0.2) is 36.1 Å². The summed E-state index contributed by atoms with van der Waals surface area (Å²) < 4.78 is 0. The molecule has 0 rings (SSSR count). The van der Waals surface area contributed by atoms with Crippen LogP contribution in [0.1, 0.15) is 27.2 Å². The molecule has 0 aliphatic rings. The molecule has 0 spiro atoms. The summed E-state index contributed by atoms with van der Waals surface area (Å²) in [4.78, 5) is 2.22. The normalized spacial score (nSPS) is 17.1. The van der Waals surface area contributed by atoms with Gasteiger partial charge in [0, 0.05) is 19.0 Å². The second-order valence-electron chi connectivity index (χ2n) is 4.16. The monoisotopic (exact) mass is 201 g/mol. The van der Waals surface area contributed by atoms with Gasteiger partial charge in [-0.1, -0.05) is 32.3 Å². The molecule has 0 saturated carbocycles. The molecule has 0 aromatic heterocycles. The summed E-state index contributed by atoms with van der Waals surface area (Å²) >= 11 is 0. The molecule has 2 unspecified atom stereocenters. The van der Waals surface area contributed by atoms with Gasteiger partial charge in [-0.3, -0.25) is 0 Å². The lowest BCUT2D eigenvalue weighted by atomic mass is 10.1. The Morgan fingerprint density at radius 3 is 2.43 bits per heavy atom. The van der Waals surface area contributed by atoms with Gasteiger partial charge < -0.3 is 15.8 Å². The number of nitrogens with two attached hydrogens (primary N) is 1. The van der Waals surface area contributed by atoms with Crippen LogP contribution in [0.2, 0.25) is 0 Å². The van der Waals surface area contributed by atoms with E-state index in [0.717, 1.165) is 13.1 Å². The minimum atomic E-state index is 0.106. The van der Waals surface area contributed by atoms with E-state index in [2.05, 4.69) is 31.0 Å². The molecule has 3 N–H and O–H groups in total. The Bertz CT molecular complexity index is 182. The third-order valence-corrected chi connectivity index (χ3v) is 2.53. The Labute approximate surface area is 86.8 Å². The van der Waals surface area contributed by atoms with E-state index in [9.17, 15) is 0 Å². The van der Waals surface area contributed by atoms with Crippen molar-refractivity contribution in [2.24, 2.45) is 22.7 Å². The highest BCUT2D eigenvalue weighted by Gasteiger charge is 2.12. The molecule has 0 saturated heterocycles. The largest absolute Gasteiger partial charge is 0.409 e. The molecule has 2 atom stereocenters. The zero-order valence-corrected chi connectivity index (χ0v) is 9.70. The molecular weight excluding hydrogens is 178 g/mol. The quantitative estimate of drug-likeness (QED) is 0.295. The molecule has 4 nitrogen and oxygen atoms in total. The number of hydrogen-bond donors (Lipinski definition) is 2. The number of amidine groups is 1. The topological polar surface area (TPSA) is 61.8 Å². The van der Waals surface area contributed by atoms with Crippen molar-refractivity contribution >= 4 is 5.84 Å². The van der Waals surface area contributed by atoms with Gasteiger partial charge in [0.15, 0.2) is 0 Å². The molecule has 0 bridgehead atoms. The van der Waals surface area contributed by atoms with Crippen molar-refractivity contribution in [2.45, 2.75) is 27.2 Å². The summed E-state index contributed by atoms with van der Waals surface area (Å²) in [5.74, 6) is 1.11. The summed E-state index contributed by atoms with van der Waals surface area (Å²) in [6.45, 7) is 8.26. The van der Waals surface area contributed by atoms with Crippen LogP contribution in [0.4, 0.5) is 0 Å². The number of oxime groups is 1. The first kappa shape index (κ1) is 13.2. The van der Waals surface area contributed by atoms with Gasteiger partial charge in [0.05, 0.1) is 0 Å². The third-order valence-electron chi connectivity index (χ3n) is 2.53. The molecule has 0 heterocycles. The lowest BCUT2D eigenvalue weighted by Gasteiger charge is -2.23. The number of nitrogens with zero attached hydrogens (tertiary/aromatic N) is 2. The van der Waals surface area contributed by atoms with E-state index in [4.69, 9.17) is 10.9 Å². The molecule has 0 radical (unpaired) electrons. The first-order chi connectivity index (χ1) is 6.51. The zero-order chi connectivity index (χ0) is 11.1. The lowest BCUT2D eigenvalue weighted by molar-refractivity contribution is 0.263. The summed E-state index contributed by atoms with van der Waals surface area (Å²) in [6.07, 6.45) is 1.18. The highest BCUT2D eigenvalue weighted by Crippen LogP contribution is 2.05. The summed E-state index contributed by atoms with van der Waals surface area (Å²) in [5, 5.41) is 11.5. The van der Waals surface area contributed by atoms with Crippen molar-refractivity contribution < 1.29 is 5.21 Å². The van der Waals surface area contributed by atoms with E-state index < -0.39 is 0 Å². The molecule has 0 aromatic carbocycles. The Hall–Kier alpha value is -0.770. The Kier molecular flexibility index (Phi) is 6.28. The molecule has 14 heavy (non-hydrogen) atoms. The smallest absolute Gasteiger partial charge is 0.143 e. The minimum absolute atomic E-state index is 0.106. The van der Waals surface area contributed by atoms with Gasteiger partial charge in [0.1, 0.15) is 5.84 Å². The number of rotatable bonds is 6. The standard InChI is InChI=1S/C10H23N3O/c1-5-8(2)6-13(4)7-9(3)10(11)12-14/h8-9,14H,5-7H2,1-4H3,(H2,11,12). The van der Waals surface area contributed by atoms with Crippen molar-refractivity contribution in [3.05, 3.63) is 0 Å². The molecule has 0 aliphatic carbocycles. The predicted molar refractivity (Wildman–Crippen MR) is 59.5 cm³/mol. The van der Waals surface area contributed by atoms with Crippen LogP contribution in [0.5, 0.6) is 0 Å². The SMILES string of the molecule is CCC(C)CN(C)CC(C)/C(N)=N/O. The maximum Gasteiger partial charge on any atom is 0.143 e. The maximum atomic E-state index is 8.49. The Balaban J connectivity index is 3.87. The van der Waals surface area contributed by atoms with Gasteiger partial charge in [-0.2, -0.15) is 0 Å². The van der Waals surface area contributed by atoms with E-state index in [1.54, 1.807) is 0 Å². The van der Waals surface area contributed by atoms with Crippen LogP contribution < -0.4 is 5.73 Å². The van der Waals surface area contributed by atoms with E-state index in [1.165, 1.54) is 6.42 Å². The Morgan fingerprint density at radius 1 is 1.43 bits per heavy atom. The molecular formula is C10H23N3O. The van der Waals surface area contributed by atoms with Crippen LogP contribution in [0, 0.1) is 11.8 Å². The highest BCUT2D eigenvalue weighted by atomic mass is 16.4.